The van der Waals surface area contributed by atoms with Crippen LogP contribution in [0, 0.1) is 5.82 Å². The van der Waals surface area contributed by atoms with Crippen LogP contribution in [0.1, 0.15) is 11.8 Å². The fraction of sp³-hybridized carbons (Fsp3) is 0.375. The van der Waals surface area contributed by atoms with Crippen molar-refractivity contribution in [1.29, 1.82) is 0 Å². The molecule has 6 heteroatoms. The molecule has 1 aromatic heterocycles. The summed E-state index contributed by atoms with van der Waals surface area (Å²) in [6, 6.07) is 0.969. The summed E-state index contributed by atoms with van der Waals surface area (Å²) in [6.07, 6.45) is -1.87. The molecular weight excluding hydrogens is 213 g/mol. The number of aliphatic hydroxyl groups is 3. The van der Waals surface area contributed by atoms with Gasteiger partial charge in [0.2, 0.25) is 0 Å². The van der Waals surface area contributed by atoms with Gasteiger partial charge < -0.3 is 15.3 Å². The van der Waals surface area contributed by atoms with Crippen molar-refractivity contribution < 1.29 is 19.7 Å². The Bertz CT molecular complexity index is 323. The molecule has 78 valence electrons. The average Bonchev–Trinajstić information content (AvgIpc) is 2.15. The lowest BCUT2D eigenvalue weighted by molar-refractivity contribution is -0.0190. The molecule has 0 aliphatic rings. The Kier molecular flexibility index (Phi) is 3.77. The molecule has 3 N–H and O–H groups in total. The van der Waals surface area contributed by atoms with E-state index < -0.39 is 24.6 Å². The molecule has 0 aliphatic carbocycles. The first kappa shape index (κ1) is 11.3. The van der Waals surface area contributed by atoms with Crippen molar-refractivity contribution in [2.24, 2.45) is 0 Å². The van der Waals surface area contributed by atoms with E-state index in [4.69, 9.17) is 21.8 Å². The Morgan fingerprint density at radius 1 is 1.50 bits per heavy atom. The van der Waals surface area contributed by atoms with Crippen LogP contribution in [0.3, 0.4) is 0 Å². The first-order chi connectivity index (χ1) is 6.56. The lowest BCUT2D eigenvalue weighted by atomic mass is 10.1. The molecule has 0 bridgehead atoms. The molecule has 1 aromatic rings. The Morgan fingerprint density at radius 2 is 2.14 bits per heavy atom. The Morgan fingerprint density at radius 3 is 2.64 bits per heavy atom. The number of hydrogen-bond donors (Lipinski definition) is 3. The average molecular weight is 222 g/mol. The topological polar surface area (TPSA) is 73.6 Å². The first-order valence-electron chi connectivity index (χ1n) is 3.84. The molecule has 0 aliphatic heterocycles. The van der Waals surface area contributed by atoms with Gasteiger partial charge in [0.05, 0.1) is 11.6 Å². The molecule has 0 fully saturated rings. The molecule has 2 unspecified atom stereocenters. The SMILES string of the molecule is OCC(O)C(O)c1ncc(Cl)cc1F. The van der Waals surface area contributed by atoms with Crippen LogP contribution in [-0.4, -0.2) is 33.0 Å². The van der Waals surface area contributed by atoms with Crippen LogP contribution < -0.4 is 0 Å². The van der Waals surface area contributed by atoms with Crippen LogP contribution in [0.2, 0.25) is 5.02 Å². The highest BCUT2D eigenvalue weighted by atomic mass is 35.5. The van der Waals surface area contributed by atoms with E-state index in [1.54, 1.807) is 0 Å². The summed E-state index contributed by atoms with van der Waals surface area (Å²) in [6.45, 7) is -0.676. The van der Waals surface area contributed by atoms with Gasteiger partial charge in [0, 0.05) is 6.20 Å². The van der Waals surface area contributed by atoms with Crippen LogP contribution in [0.15, 0.2) is 12.3 Å². The van der Waals surface area contributed by atoms with E-state index in [0.29, 0.717) is 0 Å². The van der Waals surface area contributed by atoms with Crippen LogP contribution in [0.25, 0.3) is 0 Å². The van der Waals surface area contributed by atoms with Gasteiger partial charge in [-0.2, -0.15) is 0 Å². The van der Waals surface area contributed by atoms with Crippen LogP contribution in [0.4, 0.5) is 4.39 Å². The fourth-order valence-corrected chi connectivity index (χ4v) is 1.07. The third-order valence-corrected chi connectivity index (χ3v) is 1.87. The molecule has 14 heavy (non-hydrogen) atoms. The molecule has 4 nitrogen and oxygen atoms in total. The molecule has 1 rings (SSSR count). The Hall–Kier alpha value is -0.750. The lowest BCUT2D eigenvalue weighted by Crippen LogP contribution is -2.23. The zero-order valence-electron chi connectivity index (χ0n) is 7.06. The summed E-state index contributed by atoms with van der Waals surface area (Å²) in [5.41, 5.74) is -0.337. The number of hydrogen-bond acceptors (Lipinski definition) is 4. The molecule has 2 atom stereocenters. The quantitative estimate of drug-likeness (QED) is 0.685. The van der Waals surface area contributed by atoms with Gasteiger partial charge in [-0.25, -0.2) is 4.39 Å². The van der Waals surface area contributed by atoms with Gasteiger partial charge in [0.1, 0.15) is 23.7 Å². The minimum atomic E-state index is -1.56. The highest BCUT2D eigenvalue weighted by molar-refractivity contribution is 6.30. The van der Waals surface area contributed by atoms with Gasteiger partial charge in [-0.3, -0.25) is 4.98 Å². The van der Waals surface area contributed by atoms with Crippen LogP contribution in [-0.2, 0) is 0 Å². The van der Waals surface area contributed by atoms with Crippen molar-refractivity contribution in [3.63, 3.8) is 0 Å². The van der Waals surface area contributed by atoms with Crippen molar-refractivity contribution in [2.75, 3.05) is 6.61 Å². The Labute approximate surface area is 84.6 Å². The first-order valence-corrected chi connectivity index (χ1v) is 4.22. The van der Waals surface area contributed by atoms with E-state index in [0.717, 1.165) is 12.3 Å². The predicted molar refractivity (Wildman–Crippen MR) is 47.3 cm³/mol. The minimum absolute atomic E-state index is 0.0944. The number of aliphatic hydroxyl groups excluding tert-OH is 3. The summed E-state index contributed by atoms with van der Waals surface area (Å²) < 4.78 is 13.1. The molecule has 0 radical (unpaired) electrons. The highest BCUT2D eigenvalue weighted by Crippen LogP contribution is 2.20. The number of nitrogens with zero attached hydrogens (tertiary/aromatic N) is 1. The van der Waals surface area contributed by atoms with Gasteiger partial charge in [-0.05, 0) is 6.07 Å². The van der Waals surface area contributed by atoms with E-state index >= 15 is 0 Å². The predicted octanol–water partition coefficient (Wildman–Crippen LogP) is 0.261. The van der Waals surface area contributed by atoms with E-state index in [1.807, 2.05) is 0 Å². The van der Waals surface area contributed by atoms with E-state index in [2.05, 4.69) is 4.98 Å². The van der Waals surface area contributed by atoms with E-state index in [1.165, 1.54) is 0 Å². The smallest absolute Gasteiger partial charge is 0.148 e. The third kappa shape index (κ3) is 2.39. The van der Waals surface area contributed by atoms with Crippen molar-refractivity contribution in [3.05, 3.63) is 28.8 Å². The molecule has 0 saturated carbocycles. The monoisotopic (exact) mass is 221 g/mol. The summed E-state index contributed by atoms with van der Waals surface area (Å²) in [5, 5.41) is 27.0. The summed E-state index contributed by atoms with van der Waals surface area (Å²) >= 11 is 5.44. The molecule has 0 saturated heterocycles. The minimum Gasteiger partial charge on any atom is -0.394 e. The van der Waals surface area contributed by atoms with Gasteiger partial charge >= 0.3 is 0 Å². The van der Waals surface area contributed by atoms with Crippen molar-refractivity contribution in [1.82, 2.24) is 4.98 Å². The van der Waals surface area contributed by atoms with Crippen LogP contribution in [0.5, 0.6) is 0 Å². The number of rotatable bonds is 3. The third-order valence-electron chi connectivity index (χ3n) is 1.67. The molecule has 0 amide bonds. The number of halogens is 2. The van der Waals surface area contributed by atoms with Crippen molar-refractivity contribution in [2.45, 2.75) is 12.2 Å². The van der Waals surface area contributed by atoms with Gasteiger partial charge in [0.15, 0.2) is 0 Å². The Balaban J connectivity index is 2.95. The largest absolute Gasteiger partial charge is 0.394 e. The van der Waals surface area contributed by atoms with Gasteiger partial charge in [0.25, 0.3) is 0 Å². The number of aromatic nitrogens is 1. The maximum absolute atomic E-state index is 13.1. The van der Waals surface area contributed by atoms with E-state index in [9.17, 15) is 9.50 Å². The highest BCUT2D eigenvalue weighted by Gasteiger charge is 2.22. The molecular formula is C8H9ClFNO3. The standard InChI is InChI=1S/C8H9ClFNO3/c9-4-1-5(10)7(11-2-4)8(14)6(13)3-12/h1-2,6,8,12-14H,3H2. The summed E-state index contributed by atoms with van der Waals surface area (Å²) in [7, 11) is 0. The second kappa shape index (κ2) is 4.65. The normalized spacial score (nSPS) is 15.2. The second-order valence-electron chi connectivity index (χ2n) is 2.72. The van der Waals surface area contributed by atoms with Crippen molar-refractivity contribution >= 4 is 11.6 Å². The van der Waals surface area contributed by atoms with Gasteiger partial charge in [-0.15, -0.1) is 0 Å². The van der Waals surface area contributed by atoms with E-state index in [-0.39, 0.29) is 10.7 Å². The second-order valence-corrected chi connectivity index (χ2v) is 3.15. The summed E-state index contributed by atoms with van der Waals surface area (Å²) in [5.74, 6) is -0.822. The fourth-order valence-electron chi connectivity index (χ4n) is 0.925. The summed E-state index contributed by atoms with van der Waals surface area (Å²) in [4.78, 5) is 3.52. The zero-order chi connectivity index (χ0) is 10.7. The molecule has 0 aromatic carbocycles. The zero-order valence-corrected chi connectivity index (χ0v) is 7.82. The maximum atomic E-state index is 13.1. The maximum Gasteiger partial charge on any atom is 0.148 e. The molecule has 1 heterocycles. The van der Waals surface area contributed by atoms with Gasteiger partial charge in [-0.1, -0.05) is 11.6 Å². The lowest BCUT2D eigenvalue weighted by Gasteiger charge is -2.15. The van der Waals surface area contributed by atoms with Crippen LogP contribution >= 0.6 is 11.6 Å². The van der Waals surface area contributed by atoms with Crippen molar-refractivity contribution in [3.8, 4) is 0 Å². The molecule has 0 spiro atoms. The number of pyridine rings is 1.